The molecule has 1 aromatic heterocycles. The number of hydrogen-bond acceptors (Lipinski definition) is 6. The van der Waals surface area contributed by atoms with Gasteiger partial charge in [0.25, 0.3) is 5.91 Å². The van der Waals surface area contributed by atoms with E-state index in [2.05, 4.69) is 10.3 Å². The van der Waals surface area contributed by atoms with Crippen LogP contribution in [-0.4, -0.2) is 46.7 Å². The molecule has 2 aromatic rings. The van der Waals surface area contributed by atoms with E-state index in [-0.39, 0.29) is 16.4 Å². The molecule has 0 unspecified atom stereocenters. The molecule has 0 spiro atoms. The zero-order valence-electron chi connectivity index (χ0n) is 12.9. The summed E-state index contributed by atoms with van der Waals surface area (Å²) in [4.78, 5) is 11.4. The Labute approximate surface area is 139 Å². The van der Waals surface area contributed by atoms with E-state index in [0.29, 0.717) is 18.8 Å². The predicted molar refractivity (Wildman–Crippen MR) is 86.9 cm³/mol. The zero-order valence-corrected chi connectivity index (χ0v) is 13.7. The highest BCUT2D eigenvalue weighted by atomic mass is 32.2. The van der Waals surface area contributed by atoms with Crippen molar-refractivity contribution in [1.82, 2.24) is 19.3 Å². The largest absolute Gasteiger partial charge is 0.382 e. The van der Waals surface area contributed by atoms with Gasteiger partial charge in [0.1, 0.15) is 0 Å². The van der Waals surface area contributed by atoms with Gasteiger partial charge in [-0.25, -0.2) is 8.42 Å². The maximum absolute atomic E-state index is 12.6. The van der Waals surface area contributed by atoms with Crippen LogP contribution in [0.1, 0.15) is 29.8 Å². The number of nitrogen functional groups attached to an aromatic ring is 1. The van der Waals surface area contributed by atoms with Crippen LogP contribution in [0, 0.1) is 0 Å². The number of nitrogens with zero attached hydrogens (tertiary/aromatic N) is 4. The van der Waals surface area contributed by atoms with Gasteiger partial charge in [-0.2, -0.15) is 8.99 Å². The monoisotopic (exact) mass is 350 g/mol. The number of hydrogen-bond donors (Lipinski definition) is 2. The first kappa shape index (κ1) is 16.4. The summed E-state index contributed by atoms with van der Waals surface area (Å²) in [7, 11) is -3.50. The Hall–Kier alpha value is -2.46. The van der Waals surface area contributed by atoms with Crippen LogP contribution in [0.3, 0.4) is 0 Å². The maximum atomic E-state index is 12.6. The SMILES string of the molecule is NC(=O)c1nnn(-c2ccc(S(=O)(=O)N3CCCCC3)cc2)c1N. The predicted octanol–water partition coefficient (Wildman–Crippen LogP) is 0.123. The highest BCUT2D eigenvalue weighted by Gasteiger charge is 2.26. The maximum Gasteiger partial charge on any atom is 0.273 e. The van der Waals surface area contributed by atoms with E-state index >= 15 is 0 Å². The van der Waals surface area contributed by atoms with E-state index in [0.717, 1.165) is 19.3 Å². The number of aromatic nitrogens is 3. The lowest BCUT2D eigenvalue weighted by Gasteiger charge is -2.25. The summed E-state index contributed by atoms with van der Waals surface area (Å²) < 4.78 is 27.9. The van der Waals surface area contributed by atoms with Crippen LogP contribution in [0.4, 0.5) is 5.82 Å². The van der Waals surface area contributed by atoms with Gasteiger partial charge in [-0.05, 0) is 37.1 Å². The third-order valence-electron chi connectivity index (χ3n) is 3.97. The molecule has 1 aliphatic heterocycles. The Morgan fingerprint density at radius 1 is 1.08 bits per heavy atom. The number of benzene rings is 1. The first-order chi connectivity index (χ1) is 11.4. The van der Waals surface area contributed by atoms with Gasteiger partial charge in [0, 0.05) is 13.1 Å². The molecule has 3 rings (SSSR count). The van der Waals surface area contributed by atoms with Crippen LogP contribution in [0.25, 0.3) is 5.69 Å². The van der Waals surface area contributed by atoms with Crippen LogP contribution in [-0.2, 0) is 10.0 Å². The standard InChI is InChI=1S/C14H18N6O3S/c15-13-12(14(16)21)17-18-20(13)10-4-6-11(7-5-10)24(22,23)19-8-2-1-3-9-19/h4-7H,1-3,8-9,15H2,(H2,16,21). The summed E-state index contributed by atoms with van der Waals surface area (Å²) in [5.41, 5.74) is 11.3. The molecule has 0 saturated carbocycles. The molecular formula is C14H18N6O3S. The minimum Gasteiger partial charge on any atom is -0.382 e. The lowest BCUT2D eigenvalue weighted by Crippen LogP contribution is -2.35. The summed E-state index contributed by atoms with van der Waals surface area (Å²) in [5, 5.41) is 7.39. The molecule has 1 fully saturated rings. The zero-order chi connectivity index (χ0) is 17.3. The van der Waals surface area contributed by atoms with Gasteiger partial charge in [0.05, 0.1) is 10.6 Å². The van der Waals surface area contributed by atoms with Gasteiger partial charge in [-0.3, -0.25) is 4.79 Å². The number of nitrogens with two attached hydrogens (primary N) is 2. The topological polar surface area (TPSA) is 137 Å². The van der Waals surface area contributed by atoms with Crippen molar-refractivity contribution in [2.45, 2.75) is 24.2 Å². The van der Waals surface area contributed by atoms with Gasteiger partial charge in [0.15, 0.2) is 11.5 Å². The van der Waals surface area contributed by atoms with Crippen molar-refractivity contribution < 1.29 is 13.2 Å². The first-order valence-corrected chi connectivity index (χ1v) is 8.97. The fourth-order valence-corrected chi connectivity index (χ4v) is 4.19. The number of amides is 1. The molecule has 10 heteroatoms. The van der Waals surface area contributed by atoms with Gasteiger partial charge in [-0.15, -0.1) is 5.10 Å². The van der Waals surface area contributed by atoms with Crippen LogP contribution in [0.5, 0.6) is 0 Å². The second-order valence-electron chi connectivity index (χ2n) is 5.56. The van der Waals surface area contributed by atoms with Crippen molar-refractivity contribution >= 4 is 21.7 Å². The molecule has 0 bridgehead atoms. The van der Waals surface area contributed by atoms with Gasteiger partial charge in [0.2, 0.25) is 10.0 Å². The Kier molecular flexibility index (Phi) is 4.24. The van der Waals surface area contributed by atoms with E-state index in [1.165, 1.54) is 21.1 Å². The van der Waals surface area contributed by atoms with Gasteiger partial charge in [-0.1, -0.05) is 11.6 Å². The highest BCUT2D eigenvalue weighted by Crippen LogP contribution is 2.22. The van der Waals surface area contributed by atoms with Crippen LogP contribution in [0.2, 0.25) is 0 Å². The lowest BCUT2D eigenvalue weighted by molar-refractivity contribution is 0.0996. The second kappa shape index (κ2) is 6.21. The number of carbonyl (C=O) groups is 1. The Morgan fingerprint density at radius 3 is 2.25 bits per heavy atom. The summed E-state index contributed by atoms with van der Waals surface area (Å²) in [6.07, 6.45) is 2.81. The van der Waals surface area contributed by atoms with E-state index < -0.39 is 15.9 Å². The first-order valence-electron chi connectivity index (χ1n) is 7.53. The molecule has 24 heavy (non-hydrogen) atoms. The van der Waals surface area contributed by atoms with Crippen LogP contribution in [0.15, 0.2) is 29.2 Å². The second-order valence-corrected chi connectivity index (χ2v) is 7.50. The molecule has 1 aliphatic rings. The van der Waals surface area contributed by atoms with Crippen molar-refractivity contribution in [1.29, 1.82) is 0 Å². The van der Waals surface area contributed by atoms with E-state index in [1.807, 2.05) is 0 Å². The molecule has 1 amide bonds. The normalized spacial score (nSPS) is 16.2. The third-order valence-corrected chi connectivity index (χ3v) is 5.89. The minimum absolute atomic E-state index is 0.00846. The number of piperidine rings is 1. The average Bonchev–Trinajstić information content (AvgIpc) is 2.97. The lowest BCUT2D eigenvalue weighted by atomic mass is 10.2. The van der Waals surface area contributed by atoms with Gasteiger partial charge < -0.3 is 11.5 Å². The number of sulfonamides is 1. The number of primary amides is 1. The van der Waals surface area contributed by atoms with Crippen molar-refractivity contribution in [3.8, 4) is 5.69 Å². The van der Waals surface area contributed by atoms with Crippen LogP contribution >= 0.6 is 0 Å². The van der Waals surface area contributed by atoms with E-state index in [1.54, 1.807) is 12.1 Å². The molecule has 2 heterocycles. The summed E-state index contributed by atoms with van der Waals surface area (Å²) in [6, 6.07) is 6.11. The molecule has 0 atom stereocenters. The van der Waals surface area contributed by atoms with E-state index in [4.69, 9.17) is 11.5 Å². The molecule has 0 aliphatic carbocycles. The van der Waals surface area contributed by atoms with Crippen LogP contribution < -0.4 is 11.5 Å². The Morgan fingerprint density at radius 2 is 1.71 bits per heavy atom. The highest BCUT2D eigenvalue weighted by molar-refractivity contribution is 7.89. The van der Waals surface area contributed by atoms with Crippen molar-refractivity contribution in [3.63, 3.8) is 0 Å². The fourth-order valence-electron chi connectivity index (χ4n) is 2.67. The molecule has 4 N–H and O–H groups in total. The summed E-state index contributed by atoms with van der Waals surface area (Å²) in [6.45, 7) is 1.09. The van der Waals surface area contributed by atoms with Crippen molar-refractivity contribution in [2.75, 3.05) is 18.8 Å². The van der Waals surface area contributed by atoms with Gasteiger partial charge >= 0.3 is 0 Å². The quantitative estimate of drug-likeness (QED) is 0.803. The minimum atomic E-state index is -3.50. The molecular weight excluding hydrogens is 332 g/mol. The third kappa shape index (κ3) is 2.85. The van der Waals surface area contributed by atoms with E-state index in [9.17, 15) is 13.2 Å². The van der Waals surface area contributed by atoms with Crippen molar-refractivity contribution in [2.24, 2.45) is 5.73 Å². The molecule has 1 aromatic carbocycles. The smallest absolute Gasteiger partial charge is 0.273 e. The van der Waals surface area contributed by atoms with Crippen molar-refractivity contribution in [3.05, 3.63) is 30.0 Å². The Bertz CT molecular complexity index is 853. The number of rotatable bonds is 4. The number of carbonyl (C=O) groups excluding carboxylic acids is 1. The molecule has 128 valence electrons. The summed E-state index contributed by atoms with van der Waals surface area (Å²) in [5.74, 6) is -0.766. The Balaban J connectivity index is 1.89. The molecule has 1 saturated heterocycles. The number of anilines is 1. The average molecular weight is 350 g/mol. The summed E-state index contributed by atoms with van der Waals surface area (Å²) >= 11 is 0. The molecule has 9 nitrogen and oxygen atoms in total. The molecule has 0 radical (unpaired) electrons. The fraction of sp³-hybridized carbons (Fsp3) is 0.357.